The third-order valence-electron chi connectivity index (χ3n) is 1.99. The first-order valence-corrected chi connectivity index (χ1v) is 5.56. The average Bonchev–Trinajstić information content (AvgIpc) is 2.78. The zero-order valence-electron chi connectivity index (χ0n) is 8.80. The highest BCUT2D eigenvalue weighted by molar-refractivity contribution is 9.10. The molecule has 0 bridgehead atoms. The Morgan fingerprint density at radius 2 is 2.22 bits per heavy atom. The first-order valence-electron chi connectivity index (χ1n) is 4.77. The highest BCUT2D eigenvalue weighted by atomic mass is 79.9. The van der Waals surface area contributed by atoms with Gasteiger partial charge in [-0.25, -0.2) is 9.18 Å². The molecule has 0 unspecified atom stereocenters. The number of carbonyl (C=O) groups is 1. The van der Waals surface area contributed by atoms with Crippen molar-refractivity contribution in [1.82, 2.24) is 10.2 Å². The quantitative estimate of drug-likeness (QED) is 0.882. The Hall–Kier alpha value is -2.02. The monoisotopic (exact) mass is 312 g/mol. The van der Waals surface area contributed by atoms with Crippen molar-refractivity contribution in [2.75, 3.05) is 0 Å². The second-order valence-electron chi connectivity index (χ2n) is 3.22. The van der Waals surface area contributed by atoms with Crippen molar-refractivity contribution in [3.05, 3.63) is 40.5 Å². The Bertz CT molecular complexity index is 625. The highest BCUT2D eigenvalue weighted by Crippen LogP contribution is 2.29. The zero-order valence-corrected chi connectivity index (χ0v) is 10.4. The molecule has 0 amide bonds. The molecular formula is C11H6BrFN2O3. The van der Waals surface area contributed by atoms with Crippen LogP contribution in [-0.4, -0.2) is 21.3 Å². The molecule has 7 heteroatoms. The molecule has 2 aromatic rings. The lowest BCUT2D eigenvalue weighted by molar-refractivity contribution is -0.131. The Morgan fingerprint density at radius 1 is 1.44 bits per heavy atom. The Balaban J connectivity index is 2.35. The lowest BCUT2D eigenvalue weighted by Crippen LogP contribution is -1.85. The second-order valence-corrected chi connectivity index (χ2v) is 4.01. The number of rotatable bonds is 3. The molecule has 0 radical (unpaired) electrons. The van der Waals surface area contributed by atoms with E-state index in [9.17, 15) is 9.18 Å². The molecule has 1 aromatic carbocycles. The Morgan fingerprint density at radius 3 is 2.94 bits per heavy atom. The minimum Gasteiger partial charge on any atom is -0.478 e. The largest absolute Gasteiger partial charge is 0.478 e. The van der Waals surface area contributed by atoms with Crippen LogP contribution in [0.2, 0.25) is 0 Å². The summed E-state index contributed by atoms with van der Waals surface area (Å²) in [5.41, 5.74) is 0.400. The molecule has 1 heterocycles. The zero-order chi connectivity index (χ0) is 13.1. The van der Waals surface area contributed by atoms with Gasteiger partial charge in [0.25, 0.3) is 0 Å². The van der Waals surface area contributed by atoms with Gasteiger partial charge in [0.15, 0.2) is 0 Å². The van der Waals surface area contributed by atoms with Gasteiger partial charge in [0.1, 0.15) is 5.82 Å². The van der Waals surface area contributed by atoms with Crippen LogP contribution < -0.4 is 0 Å². The predicted octanol–water partition coefficient (Wildman–Crippen LogP) is 2.74. The first-order chi connectivity index (χ1) is 8.58. The van der Waals surface area contributed by atoms with Gasteiger partial charge in [-0.3, -0.25) is 0 Å². The van der Waals surface area contributed by atoms with Gasteiger partial charge in [0.2, 0.25) is 11.8 Å². The van der Waals surface area contributed by atoms with Crippen molar-refractivity contribution < 1.29 is 18.7 Å². The van der Waals surface area contributed by atoms with Crippen molar-refractivity contribution in [1.29, 1.82) is 0 Å². The molecule has 18 heavy (non-hydrogen) atoms. The molecule has 0 aliphatic carbocycles. The lowest BCUT2D eigenvalue weighted by Gasteiger charge is -1.99. The molecular weight excluding hydrogens is 307 g/mol. The van der Waals surface area contributed by atoms with E-state index in [0.29, 0.717) is 5.56 Å². The van der Waals surface area contributed by atoms with Gasteiger partial charge >= 0.3 is 5.97 Å². The molecule has 0 aliphatic rings. The maximum atomic E-state index is 13.3. The van der Waals surface area contributed by atoms with Crippen molar-refractivity contribution in [3.8, 4) is 11.5 Å². The number of nitrogens with zero attached hydrogens (tertiary/aromatic N) is 2. The molecule has 0 atom stereocenters. The minimum atomic E-state index is -1.12. The number of aliphatic carboxylic acids is 1. The van der Waals surface area contributed by atoms with Crippen LogP contribution in [0.25, 0.3) is 17.5 Å². The van der Waals surface area contributed by atoms with Crippen LogP contribution in [0.1, 0.15) is 5.89 Å². The van der Waals surface area contributed by atoms with Crippen LogP contribution in [-0.2, 0) is 4.79 Å². The number of aromatic nitrogens is 2. The van der Waals surface area contributed by atoms with E-state index in [0.717, 1.165) is 12.2 Å². The summed E-state index contributed by atoms with van der Waals surface area (Å²) in [6.45, 7) is 0. The summed E-state index contributed by atoms with van der Waals surface area (Å²) in [5.74, 6) is -1.44. The van der Waals surface area contributed by atoms with E-state index in [4.69, 9.17) is 9.52 Å². The van der Waals surface area contributed by atoms with E-state index >= 15 is 0 Å². The first kappa shape index (κ1) is 12.4. The normalized spacial score (nSPS) is 11.0. The topological polar surface area (TPSA) is 76.2 Å². The molecule has 1 N–H and O–H groups in total. The van der Waals surface area contributed by atoms with Crippen LogP contribution >= 0.6 is 15.9 Å². The SMILES string of the molecule is O=C(O)/C=C/c1nnc(-c2cccc(F)c2Br)o1. The lowest BCUT2D eigenvalue weighted by atomic mass is 10.2. The second kappa shape index (κ2) is 5.09. The van der Waals surface area contributed by atoms with E-state index in [-0.39, 0.29) is 16.3 Å². The minimum absolute atomic E-state index is 0.0311. The number of halogens is 2. The highest BCUT2D eigenvalue weighted by Gasteiger charge is 2.13. The molecule has 0 saturated carbocycles. The summed E-state index contributed by atoms with van der Waals surface area (Å²) in [6, 6.07) is 4.40. The van der Waals surface area contributed by atoms with E-state index < -0.39 is 11.8 Å². The molecule has 92 valence electrons. The summed E-state index contributed by atoms with van der Waals surface area (Å²) in [6.07, 6.45) is 2.03. The fourth-order valence-electron chi connectivity index (χ4n) is 1.22. The van der Waals surface area contributed by atoms with Crippen LogP contribution in [0.15, 0.2) is 33.2 Å². The van der Waals surface area contributed by atoms with E-state index in [1.807, 2.05) is 0 Å². The summed E-state index contributed by atoms with van der Waals surface area (Å²) < 4.78 is 18.7. The third kappa shape index (κ3) is 2.62. The maximum Gasteiger partial charge on any atom is 0.328 e. The smallest absolute Gasteiger partial charge is 0.328 e. The van der Waals surface area contributed by atoms with Crippen molar-refractivity contribution in [2.45, 2.75) is 0 Å². The van der Waals surface area contributed by atoms with E-state index in [1.54, 1.807) is 6.07 Å². The summed E-state index contributed by atoms with van der Waals surface area (Å²) >= 11 is 3.07. The molecule has 5 nitrogen and oxygen atoms in total. The number of benzene rings is 1. The molecule has 0 aliphatic heterocycles. The summed E-state index contributed by atoms with van der Waals surface area (Å²) in [7, 11) is 0. The standard InChI is InChI=1S/C11H6BrFN2O3/c12-10-6(2-1-3-7(10)13)11-15-14-8(18-11)4-5-9(16)17/h1-5H,(H,16,17)/b5-4+. The summed E-state index contributed by atoms with van der Waals surface area (Å²) in [4.78, 5) is 10.3. The van der Waals surface area contributed by atoms with E-state index in [2.05, 4.69) is 26.1 Å². The maximum absolute atomic E-state index is 13.3. The van der Waals surface area contributed by atoms with Crippen molar-refractivity contribution >= 4 is 28.0 Å². The van der Waals surface area contributed by atoms with Crippen LogP contribution in [0.3, 0.4) is 0 Å². The fraction of sp³-hybridized carbons (Fsp3) is 0. The number of hydrogen-bond donors (Lipinski definition) is 1. The van der Waals surface area contributed by atoms with Crippen LogP contribution in [0.4, 0.5) is 4.39 Å². The number of carboxylic acid groups (broad SMARTS) is 1. The summed E-state index contributed by atoms with van der Waals surface area (Å²) in [5, 5.41) is 15.8. The van der Waals surface area contributed by atoms with Gasteiger partial charge in [0.05, 0.1) is 10.0 Å². The van der Waals surface area contributed by atoms with Gasteiger partial charge in [-0.05, 0) is 28.1 Å². The predicted molar refractivity (Wildman–Crippen MR) is 64.1 cm³/mol. The van der Waals surface area contributed by atoms with Crippen LogP contribution in [0.5, 0.6) is 0 Å². The van der Waals surface area contributed by atoms with Gasteiger partial charge in [-0.1, -0.05) is 6.07 Å². The van der Waals surface area contributed by atoms with Crippen molar-refractivity contribution in [3.63, 3.8) is 0 Å². The van der Waals surface area contributed by atoms with Gasteiger partial charge in [0, 0.05) is 12.2 Å². The molecule has 0 saturated heterocycles. The third-order valence-corrected chi connectivity index (χ3v) is 2.80. The van der Waals surface area contributed by atoms with Gasteiger partial charge < -0.3 is 9.52 Å². The average molecular weight is 313 g/mol. The molecule has 1 aromatic heterocycles. The molecule has 0 spiro atoms. The molecule has 2 rings (SSSR count). The Labute approximate surface area is 109 Å². The van der Waals surface area contributed by atoms with Gasteiger partial charge in [-0.15, -0.1) is 10.2 Å². The fourth-order valence-corrected chi connectivity index (χ4v) is 1.66. The van der Waals surface area contributed by atoms with Crippen molar-refractivity contribution in [2.24, 2.45) is 0 Å². The number of carboxylic acids is 1. The van der Waals surface area contributed by atoms with E-state index in [1.165, 1.54) is 12.1 Å². The van der Waals surface area contributed by atoms with Crippen LogP contribution in [0, 0.1) is 5.82 Å². The Kier molecular flexibility index (Phi) is 3.52. The van der Waals surface area contributed by atoms with Gasteiger partial charge in [-0.2, -0.15) is 0 Å². The number of hydrogen-bond acceptors (Lipinski definition) is 4. The molecule has 0 fully saturated rings.